The lowest BCUT2D eigenvalue weighted by atomic mass is 9.73. The van der Waals surface area contributed by atoms with Gasteiger partial charge in [-0.1, -0.05) is 24.3 Å². The van der Waals surface area contributed by atoms with Crippen LogP contribution in [0.2, 0.25) is 0 Å². The van der Waals surface area contributed by atoms with Gasteiger partial charge < -0.3 is 14.8 Å². The third-order valence-corrected chi connectivity index (χ3v) is 5.85. The highest BCUT2D eigenvalue weighted by atomic mass is 19.4. The molecule has 1 fully saturated rings. The summed E-state index contributed by atoms with van der Waals surface area (Å²) in [6.07, 6.45) is 6.30. The molecule has 2 aliphatic heterocycles. The first-order valence-electron chi connectivity index (χ1n) is 9.43. The van der Waals surface area contributed by atoms with Crippen LogP contribution in [0.5, 0.6) is 0 Å². The number of halogens is 3. The van der Waals surface area contributed by atoms with E-state index in [1.807, 2.05) is 12.2 Å². The molecule has 3 aliphatic rings. The van der Waals surface area contributed by atoms with E-state index in [2.05, 4.69) is 17.5 Å². The summed E-state index contributed by atoms with van der Waals surface area (Å²) in [7, 11) is 1.62. The number of ether oxygens (including phenoxy) is 2. The number of hydrogen-bond donors (Lipinski definition) is 1. The first-order chi connectivity index (χ1) is 13.0. The molecule has 0 spiro atoms. The van der Waals surface area contributed by atoms with Gasteiger partial charge in [0.2, 0.25) is 0 Å². The van der Waals surface area contributed by atoms with E-state index in [4.69, 9.17) is 9.47 Å². The number of rotatable bonds is 3. The summed E-state index contributed by atoms with van der Waals surface area (Å²) in [4.78, 5) is 0. The van der Waals surface area contributed by atoms with E-state index >= 15 is 0 Å². The van der Waals surface area contributed by atoms with Gasteiger partial charge >= 0.3 is 6.18 Å². The van der Waals surface area contributed by atoms with Crippen LogP contribution < -0.4 is 5.32 Å². The van der Waals surface area contributed by atoms with Gasteiger partial charge in [0.1, 0.15) is 0 Å². The second-order valence-electron chi connectivity index (χ2n) is 7.56. The van der Waals surface area contributed by atoms with E-state index in [-0.39, 0.29) is 24.2 Å². The summed E-state index contributed by atoms with van der Waals surface area (Å²) in [6, 6.07) is 4.09. The normalized spacial score (nSPS) is 32.5. The Balaban J connectivity index is 1.70. The topological polar surface area (TPSA) is 30.5 Å². The molecule has 0 amide bonds. The van der Waals surface area contributed by atoms with Crippen LogP contribution in [0.25, 0.3) is 0 Å². The molecule has 27 heavy (non-hydrogen) atoms. The maximum absolute atomic E-state index is 13.2. The monoisotopic (exact) mass is 379 g/mol. The number of hydrogen-bond acceptors (Lipinski definition) is 3. The first-order valence-corrected chi connectivity index (χ1v) is 9.43. The number of nitrogens with one attached hydrogen (secondary N) is 1. The molecule has 1 aromatic rings. The van der Waals surface area contributed by atoms with Gasteiger partial charge in [-0.3, -0.25) is 0 Å². The zero-order valence-corrected chi connectivity index (χ0v) is 15.2. The van der Waals surface area contributed by atoms with Crippen LogP contribution in [0.4, 0.5) is 18.9 Å². The van der Waals surface area contributed by atoms with E-state index in [9.17, 15) is 13.2 Å². The number of allylic oxidation sites excluding steroid dienone is 3. The SMILES string of the molecule is COC[C@H]1CC[C@@H]2[C@H](O1)c1cc(C(F)(F)F)ccc1N[C@H]2C1C=CC=CC1. The van der Waals surface area contributed by atoms with Crippen molar-refractivity contribution in [2.45, 2.75) is 43.7 Å². The highest BCUT2D eigenvalue weighted by molar-refractivity contribution is 5.58. The Bertz CT molecular complexity index is 743. The smallest absolute Gasteiger partial charge is 0.382 e. The molecular formula is C21H24F3NO2. The zero-order valence-electron chi connectivity index (χ0n) is 15.2. The van der Waals surface area contributed by atoms with E-state index in [0.717, 1.165) is 31.0 Å². The maximum atomic E-state index is 13.2. The number of benzene rings is 1. The summed E-state index contributed by atoms with van der Waals surface area (Å²) >= 11 is 0. The van der Waals surface area contributed by atoms with Crippen molar-refractivity contribution < 1.29 is 22.6 Å². The maximum Gasteiger partial charge on any atom is 0.416 e. The number of methoxy groups -OCH3 is 1. The van der Waals surface area contributed by atoms with Gasteiger partial charge in [0.25, 0.3) is 0 Å². The van der Waals surface area contributed by atoms with Crippen molar-refractivity contribution in [2.24, 2.45) is 11.8 Å². The summed E-state index contributed by atoms with van der Waals surface area (Å²) in [5.74, 6) is 0.441. The van der Waals surface area contributed by atoms with Gasteiger partial charge in [-0.25, -0.2) is 0 Å². The molecule has 1 unspecified atom stereocenters. The molecule has 0 radical (unpaired) electrons. The highest BCUT2D eigenvalue weighted by Gasteiger charge is 2.44. The predicted molar refractivity (Wildman–Crippen MR) is 97.5 cm³/mol. The van der Waals surface area contributed by atoms with Crippen LogP contribution in [0, 0.1) is 11.8 Å². The van der Waals surface area contributed by atoms with Crippen molar-refractivity contribution in [1.29, 1.82) is 0 Å². The van der Waals surface area contributed by atoms with Crippen LogP contribution in [-0.2, 0) is 15.7 Å². The van der Waals surface area contributed by atoms with Gasteiger partial charge in [-0.15, -0.1) is 0 Å². The first kappa shape index (κ1) is 18.6. The van der Waals surface area contributed by atoms with Crippen molar-refractivity contribution in [3.8, 4) is 0 Å². The van der Waals surface area contributed by atoms with Crippen molar-refractivity contribution >= 4 is 5.69 Å². The minimum atomic E-state index is -4.36. The van der Waals surface area contributed by atoms with E-state index in [1.165, 1.54) is 6.07 Å². The van der Waals surface area contributed by atoms with Gasteiger partial charge in [0, 0.05) is 36.2 Å². The second kappa shape index (κ2) is 7.32. The molecular weight excluding hydrogens is 355 g/mol. The average Bonchev–Trinajstić information content (AvgIpc) is 2.67. The third kappa shape index (κ3) is 3.65. The molecule has 4 rings (SSSR count). The predicted octanol–water partition coefficient (Wildman–Crippen LogP) is 5.11. The lowest BCUT2D eigenvalue weighted by molar-refractivity contribution is -0.138. The van der Waals surface area contributed by atoms with Crippen LogP contribution >= 0.6 is 0 Å². The molecule has 0 bridgehead atoms. The van der Waals surface area contributed by atoms with Crippen LogP contribution in [0.3, 0.4) is 0 Å². The standard InChI is InChI=1S/C21H24F3NO2/c1-26-12-15-8-9-16-19(13-5-3-2-4-6-13)25-18-10-7-14(21(22,23)24)11-17(18)20(16)27-15/h2-5,7,10-11,13,15-16,19-20,25H,6,8-9,12H2,1H3/t13?,15-,16+,19+,20+/m1/s1. The molecule has 1 N–H and O–H groups in total. The van der Waals surface area contributed by atoms with Crippen LogP contribution in [0.15, 0.2) is 42.5 Å². The average molecular weight is 379 g/mol. The molecule has 1 saturated heterocycles. The molecule has 1 aliphatic carbocycles. The Morgan fingerprint density at radius 2 is 2.07 bits per heavy atom. The summed E-state index contributed by atoms with van der Waals surface area (Å²) < 4.78 is 51.2. The zero-order chi connectivity index (χ0) is 19.0. The van der Waals surface area contributed by atoms with Crippen molar-refractivity contribution in [3.05, 3.63) is 53.6 Å². The molecule has 1 aromatic carbocycles. The highest BCUT2D eigenvalue weighted by Crippen LogP contribution is 2.49. The molecule has 0 saturated carbocycles. The lowest BCUT2D eigenvalue weighted by Gasteiger charge is -2.47. The van der Waals surface area contributed by atoms with E-state index in [1.54, 1.807) is 13.2 Å². The largest absolute Gasteiger partial charge is 0.416 e. The van der Waals surface area contributed by atoms with Gasteiger partial charge in [-0.2, -0.15) is 13.2 Å². The fraction of sp³-hybridized carbons (Fsp3) is 0.524. The van der Waals surface area contributed by atoms with Crippen molar-refractivity contribution in [2.75, 3.05) is 19.0 Å². The molecule has 146 valence electrons. The minimum Gasteiger partial charge on any atom is -0.382 e. The number of alkyl halides is 3. The summed E-state index contributed by atoms with van der Waals surface area (Å²) in [5.41, 5.74) is 0.732. The van der Waals surface area contributed by atoms with Crippen LogP contribution in [0.1, 0.15) is 36.5 Å². The molecule has 6 heteroatoms. The van der Waals surface area contributed by atoms with Gasteiger partial charge in [0.05, 0.1) is 24.4 Å². The fourth-order valence-corrected chi connectivity index (χ4v) is 4.57. The summed E-state index contributed by atoms with van der Waals surface area (Å²) in [5, 5.41) is 3.53. The van der Waals surface area contributed by atoms with Crippen molar-refractivity contribution in [1.82, 2.24) is 0 Å². The Kier molecular flexibility index (Phi) is 5.03. The second-order valence-corrected chi connectivity index (χ2v) is 7.56. The van der Waals surface area contributed by atoms with Crippen molar-refractivity contribution in [3.63, 3.8) is 0 Å². The lowest BCUT2D eigenvalue weighted by Crippen LogP contribution is -2.47. The van der Waals surface area contributed by atoms with Gasteiger partial charge in [-0.05, 0) is 37.5 Å². The van der Waals surface area contributed by atoms with Crippen LogP contribution in [-0.4, -0.2) is 25.9 Å². The van der Waals surface area contributed by atoms with E-state index < -0.39 is 11.7 Å². The quantitative estimate of drug-likeness (QED) is 0.791. The Hall–Kier alpha value is -1.79. The Morgan fingerprint density at radius 3 is 2.78 bits per heavy atom. The third-order valence-electron chi connectivity index (χ3n) is 5.85. The molecule has 2 heterocycles. The number of anilines is 1. The molecule has 0 aromatic heterocycles. The number of fused-ring (bicyclic) bond motifs is 3. The van der Waals surface area contributed by atoms with Gasteiger partial charge in [0.15, 0.2) is 0 Å². The minimum absolute atomic E-state index is 0.0841. The fourth-order valence-electron chi connectivity index (χ4n) is 4.57. The molecule has 5 atom stereocenters. The Labute approximate surface area is 157 Å². The Morgan fingerprint density at radius 1 is 1.22 bits per heavy atom. The summed E-state index contributed by atoms with van der Waals surface area (Å²) in [6.45, 7) is 0.460. The molecule has 3 nitrogen and oxygen atoms in total. The van der Waals surface area contributed by atoms with E-state index in [0.29, 0.717) is 18.1 Å².